The molecule has 0 amide bonds. The van der Waals surface area contributed by atoms with Crippen molar-refractivity contribution in [3.63, 3.8) is 0 Å². The number of para-hydroxylation sites is 1. The van der Waals surface area contributed by atoms with Crippen LogP contribution in [0.2, 0.25) is 0 Å². The molecule has 129 valence electrons. The summed E-state index contributed by atoms with van der Waals surface area (Å²) in [6, 6.07) is 10.5. The van der Waals surface area contributed by atoms with Crippen LogP contribution in [-0.2, 0) is 17.1 Å². The third-order valence-corrected chi connectivity index (χ3v) is 3.90. The molecule has 1 aliphatic rings. The van der Waals surface area contributed by atoms with E-state index < -0.39 is 0 Å². The molecule has 3 nitrogen and oxygen atoms in total. The van der Waals surface area contributed by atoms with Crippen molar-refractivity contribution >= 4 is 21.9 Å². The van der Waals surface area contributed by atoms with Crippen molar-refractivity contribution in [3.05, 3.63) is 84.3 Å². The Morgan fingerprint density at radius 1 is 0.920 bits per heavy atom. The summed E-state index contributed by atoms with van der Waals surface area (Å²) in [4.78, 5) is 12.4. The molecule has 0 aliphatic heterocycles. The van der Waals surface area contributed by atoms with Gasteiger partial charge in [-0.05, 0) is 67.9 Å². The molecule has 2 aromatic carbocycles. The molecule has 4 heteroatoms. The van der Waals surface area contributed by atoms with Gasteiger partial charge in [-0.2, -0.15) is 0 Å². The van der Waals surface area contributed by atoms with Crippen LogP contribution >= 0.6 is 0 Å². The zero-order valence-electron chi connectivity index (χ0n) is 14.0. The summed E-state index contributed by atoms with van der Waals surface area (Å²) in [5.74, 6) is 0.243. The topological polar surface area (TPSA) is 50.4 Å². The van der Waals surface area contributed by atoms with E-state index in [1.165, 1.54) is 0 Å². The summed E-state index contributed by atoms with van der Waals surface area (Å²) in [7, 11) is 0. The number of hydrogen-bond donors (Lipinski definition) is 1. The van der Waals surface area contributed by atoms with Gasteiger partial charge in [-0.1, -0.05) is 26.0 Å². The quantitative estimate of drug-likeness (QED) is 0.491. The van der Waals surface area contributed by atoms with Crippen LogP contribution in [0.3, 0.4) is 0 Å². The molecule has 0 bridgehead atoms. The van der Waals surface area contributed by atoms with Gasteiger partial charge in [-0.15, -0.1) is 0 Å². The molecule has 1 aliphatic carbocycles. The summed E-state index contributed by atoms with van der Waals surface area (Å²) in [6.07, 6.45) is 10.0. The van der Waals surface area contributed by atoms with Gasteiger partial charge < -0.3 is 9.52 Å². The normalized spacial score (nSPS) is 13.6. The maximum absolute atomic E-state index is 12.4. The monoisotopic (exact) mass is 375 g/mol. The summed E-state index contributed by atoms with van der Waals surface area (Å²) < 4.78 is 5.74. The Bertz CT molecular complexity index is 900. The van der Waals surface area contributed by atoms with Crippen LogP contribution in [0.25, 0.3) is 21.9 Å². The standard InChI is InChI=1S/C16H14O3.C5H5.Fe/c1-9(2)10-7-12(17)15-14(8-10)19-13-6-4-3-5-11(13)16(15)18;1-2-4-5-3-1;/h3-9,17H,1-2H3;1-5H;. The first-order valence-corrected chi connectivity index (χ1v) is 7.93. The zero-order chi connectivity index (χ0) is 17.1. The third kappa shape index (κ3) is 4.26. The molecule has 5 radical (unpaired) electrons. The number of hydrogen-bond acceptors (Lipinski definition) is 3. The van der Waals surface area contributed by atoms with Crippen molar-refractivity contribution in [1.82, 2.24) is 0 Å². The Kier molecular flexibility index (Phi) is 6.69. The molecule has 1 fully saturated rings. The largest absolute Gasteiger partial charge is 0.507 e. The van der Waals surface area contributed by atoms with Crippen LogP contribution in [0, 0.1) is 32.1 Å². The molecule has 4 rings (SSSR count). The van der Waals surface area contributed by atoms with Gasteiger partial charge in [-0.25, -0.2) is 0 Å². The Morgan fingerprint density at radius 3 is 2.12 bits per heavy atom. The first-order valence-electron chi connectivity index (χ1n) is 7.93. The second kappa shape index (κ2) is 8.55. The molecule has 0 unspecified atom stereocenters. The Labute approximate surface area is 158 Å². The Hall–Kier alpha value is -1.77. The fourth-order valence-corrected chi connectivity index (χ4v) is 2.58. The van der Waals surface area contributed by atoms with Gasteiger partial charge in [0.05, 0.1) is 5.39 Å². The summed E-state index contributed by atoms with van der Waals surface area (Å²) >= 11 is 0. The number of benzene rings is 2. The van der Waals surface area contributed by atoms with Crippen molar-refractivity contribution < 1.29 is 26.6 Å². The van der Waals surface area contributed by atoms with Crippen LogP contribution in [0.5, 0.6) is 5.75 Å². The second-order valence-corrected chi connectivity index (χ2v) is 5.96. The van der Waals surface area contributed by atoms with E-state index in [1.54, 1.807) is 24.3 Å². The average Bonchev–Trinajstić information content (AvgIpc) is 3.14. The maximum atomic E-state index is 12.4. The van der Waals surface area contributed by atoms with Gasteiger partial charge in [0, 0.05) is 17.1 Å². The molecule has 0 spiro atoms. The number of aromatic hydroxyl groups is 1. The molecular formula is C21H19FeO3. The summed E-state index contributed by atoms with van der Waals surface area (Å²) in [5, 5.41) is 10.8. The van der Waals surface area contributed by atoms with Crippen LogP contribution in [0.1, 0.15) is 25.3 Å². The van der Waals surface area contributed by atoms with Gasteiger partial charge in [-0.3, -0.25) is 4.79 Å². The van der Waals surface area contributed by atoms with Crippen LogP contribution < -0.4 is 5.43 Å². The predicted molar refractivity (Wildman–Crippen MR) is 97.2 cm³/mol. The second-order valence-electron chi connectivity index (χ2n) is 5.96. The Morgan fingerprint density at radius 2 is 1.52 bits per heavy atom. The first kappa shape index (κ1) is 19.6. The van der Waals surface area contributed by atoms with E-state index >= 15 is 0 Å². The fourth-order valence-electron chi connectivity index (χ4n) is 2.58. The van der Waals surface area contributed by atoms with E-state index in [2.05, 4.69) is 0 Å². The fraction of sp³-hybridized carbons (Fsp3) is 0.143. The van der Waals surface area contributed by atoms with E-state index in [0.29, 0.717) is 16.6 Å². The third-order valence-electron chi connectivity index (χ3n) is 3.90. The van der Waals surface area contributed by atoms with Crippen molar-refractivity contribution in [2.45, 2.75) is 19.8 Å². The summed E-state index contributed by atoms with van der Waals surface area (Å²) in [6.45, 7) is 4.06. The molecule has 3 aromatic rings. The van der Waals surface area contributed by atoms with Crippen molar-refractivity contribution in [3.8, 4) is 5.75 Å². The number of phenols is 1. The number of fused-ring (bicyclic) bond motifs is 2. The van der Waals surface area contributed by atoms with Crippen LogP contribution in [0.15, 0.2) is 45.6 Å². The van der Waals surface area contributed by atoms with Gasteiger partial charge in [0.15, 0.2) is 0 Å². The molecule has 1 heterocycles. The molecule has 0 atom stereocenters. The smallest absolute Gasteiger partial charge is 0.204 e. The van der Waals surface area contributed by atoms with E-state index in [9.17, 15) is 9.90 Å². The van der Waals surface area contributed by atoms with Crippen molar-refractivity contribution in [1.29, 1.82) is 0 Å². The van der Waals surface area contributed by atoms with Gasteiger partial charge in [0.1, 0.15) is 22.3 Å². The van der Waals surface area contributed by atoms with E-state index in [1.807, 2.05) is 58.1 Å². The van der Waals surface area contributed by atoms with Gasteiger partial charge in [0.25, 0.3) is 0 Å². The minimum absolute atomic E-state index is 0. The van der Waals surface area contributed by atoms with Crippen LogP contribution in [-0.4, -0.2) is 5.11 Å². The zero-order valence-corrected chi connectivity index (χ0v) is 15.1. The molecule has 1 saturated carbocycles. The number of phenolic OH excluding ortho intramolecular Hbond substituents is 1. The molecule has 1 N–H and O–H groups in total. The van der Waals surface area contributed by atoms with E-state index in [4.69, 9.17) is 4.42 Å². The molecular weight excluding hydrogens is 356 g/mol. The Balaban J connectivity index is 0.000000325. The molecule has 0 saturated heterocycles. The average molecular weight is 375 g/mol. The SMILES string of the molecule is CC(C)c1cc(O)c2c(=O)c3ccccc3oc2c1.[CH]1[CH][CH][CH][CH]1.[Fe]. The van der Waals surface area contributed by atoms with Crippen molar-refractivity contribution in [2.24, 2.45) is 0 Å². The van der Waals surface area contributed by atoms with Crippen molar-refractivity contribution in [2.75, 3.05) is 0 Å². The maximum Gasteiger partial charge on any atom is 0.204 e. The van der Waals surface area contributed by atoms with E-state index in [0.717, 1.165) is 5.56 Å². The first-order chi connectivity index (χ1) is 11.6. The molecule has 25 heavy (non-hydrogen) atoms. The molecule has 1 aromatic heterocycles. The van der Waals surface area contributed by atoms with Gasteiger partial charge in [0.2, 0.25) is 5.43 Å². The van der Waals surface area contributed by atoms with Gasteiger partial charge >= 0.3 is 0 Å². The minimum atomic E-state index is -0.190. The number of rotatable bonds is 1. The predicted octanol–water partition coefficient (Wildman–Crippen LogP) is 4.79. The minimum Gasteiger partial charge on any atom is -0.507 e. The van der Waals surface area contributed by atoms with Crippen LogP contribution in [0.4, 0.5) is 0 Å². The van der Waals surface area contributed by atoms with E-state index in [-0.39, 0.29) is 39.6 Å². The summed E-state index contributed by atoms with van der Waals surface area (Å²) in [5.41, 5.74) is 1.74.